The first-order valence-electron chi connectivity index (χ1n) is 8.18. The maximum Gasteiger partial charge on any atom is 0.272 e. The molecule has 4 nitrogen and oxygen atoms in total. The first kappa shape index (κ1) is 16.0. The molecule has 2 atom stereocenters. The number of aryl methyl sites for hydroxylation is 1. The molecule has 0 radical (unpaired) electrons. The van der Waals surface area contributed by atoms with Gasteiger partial charge in [0.05, 0.1) is 4.92 Å². The molecule has 4 heteroatoms. The van der Waals surface area contributed by atoms with Crippen LogP contribution in [0.2, 0.25) is 0 Å². The van der Waals surface area contributed by atoms with Gasteiger partial charge in [0.2, 0.25) is 0 Å². The van der Waals surface area contributed by atoms with Gasteiger partial charge in [-0.05, 0) is 44.6 Å². The number of hydrogen-bond acceptors (Lipinski definition) is 3. The van der Waals surface area contributed by atoms with E-state index in [0.717, 1.165) is 31.4 Å². The van der Waals surface area contributed by atoms with E-state index < -0.39 is 0 Å². The van der Waals surface area contributed by atoms with Crippen molar-refractivity contribution < 1.29 is 4.92 Å². The first-order valence-corrected chi connectivity index (χ1v) is 8.18. The third-order valence-electron chi connectivity index (χ3n) is 4.54. The van der Waals surface area contributed by atoms with Crippen LogP contribution in [0.5, 0.6) is 0 Å². The van der Waals surface area contributed by atoms with E-state index in [1.165, 1.54) is 25.7 Å². The summed E-state index contributed by atoms with van der Waals surface area (Å²) in [4.78, 5) is 10.8. The fourth-order valence-electron chi connectivity index (χ4n) is 3.39. The lowest BCUT2D eigenvalue weighted by Gasteiger charge is -2.32. The van der Waals surface area contributed by atoms with Crippen LogP contribution < -0.4 is 5.32 Å². The molecule has 1 aromatic rings. The van der Waals surface area contributed by atoms with Crippen molar-refractivity contribution >= 4 is 5.69 Å². The molecule has 1 fully saturated rings. The fraction of sp³-hybridized carbons (Fsp3) is 0.647. The summed E-state index contributed by atoms with van der Waals surface area (Å²) in [7, 11) is 0. The summed E-state index contributed by atoms with van der Waals surface area (Å²) in [6, 6.07) is 7.75. The Hall–Kier alpha value is -1.42. The topological polar surface area (TPSA) is 55.2 Å². The van der Waals surface area contributed by atoms with Crippen LogP contribution in [0.25, 0.3) is 0 Å². The SMILES string of the molecule is CCCNC1CCCCC1CCc1ccccc1[N+](=O)[O-]. The molecule has 1 N–H and O–H groups in total. The van der Waals surface area contributed by atoms with Gasteiger partial charge in [0.15, 0.2) is 0 Å². The van der Waals surface area contributed by atoms with Gasteiger partial charge in [-0.3, -0.25) is 10.1 Å². The van der Waals surface area contributed by atoms with Crippen molar-refractivity contribution in [2.24, 2.45) is 5.92 Å². The Kier molecular flexibility index (Phi) is 6.18. The maximum absolute atomic E-state index is 11.1. The molecule has 1 aliphatic rings. The van der Waals surface area contributed by atoms with Crippen molar-refractivity contribution in [3.8, 4) is 0 Å². The van der Waals surface area contributed by atoms with Crippen molar-refractivity contribution in [3.63, 3.8) is 0 Å². The quantitative estimate of drug-likeness (QED) is 0.608. The van der Waals surface area contributed by atoms with Crippen LogP contribution in [-0.2, 0) is 6.42 Å². The van der Waals surface area contributed by atoms with Gasteiger partial charge in [0, 0.05) is 17.7 Å². The van der Waals surface area contributed by atoms with Gasteiger partial charge in [-0.2, -0.15) is 0 Å². The number of nitro benzene ring substituents is 1. The van der Waals surface area contributed by atoms with Crippen LogP contribution in [0, 0.1) is 16.0 Å². The highest BCUT2D eigenvalue weighted by Gasteiger charge is 2.25. The molecule has 0 bridgehead atoms. The number of para-hydroxylation sites is 1. The molecule has 0 spiro atoms. The van der Waals surface area contributed by atoms with Crippen molar-refractivity contribution in [3.05, 3.63) is 39.9 Å². The molecule has 1 aromatic carbocycles. The normalized spacial score (nSPS) is 22.1. The highest BCUT2D eigenvalue weighted by atomic mass is 16.6. The van der Waals surface area contributed by atoms with E-state index in [1.54, 1.807) is 12.1 Å². The predicted octanol–water partition coefficient (Wildman–Crippen LogP) is 4.09. The summed E-state index contributed by atoms with van der Waals surface area (Å²) in [6.07, 6.45) is 8.13. The third-order valence-corrected chi connectivity index (χ3v) is 4.54. The monoisotopic (exact) mass is 290 g/mol. The Morgan fingerprint density at radius 1 is 1.29 bits per heavy atom. The number of rotatable bonds is 7. The van der Waals surface area contributed by atoms with Crippen molar-refractivity contribution in [1.82, 2.24) is 5.32 Å². The Labute approximate surface area is 127 Å². The van der Waals surface area contributed by atoms with Crippen LogP contribution in [-0.4, -0.2) is 17.5 Å². The molecular weight excluding hydrogens is 264 g/mol. The zero-order valence-electron chi connectivity index (χ0n) is 12.9. The van der Waals surface area contributed by atoms with E-state index in [-0.39, 0.29) is 10.6 Å². The van der Waals surface area contributed by atoms with Gasteiger partial charge in [-0.25, -0.2) is 0 Å². The minimum Gasteiger partial charge on any atom is -0.314 e. The third kappa shape index (κ3) is 4.53. The van der Waals surface area contributed by atoms with Gasteiger partial charge in [-0.1, -0.05) is 38.0 Å². The molecule has 2 rings (SSSR count). The summed E-state index contributed by atoms with van der Waals surface area (Å²) < 4.78 is 0. The Morgan fingerprint density at radius 2 is 2.05 bits per heavy atom. The molecule has 1 saturated carbocycles. The Bertz CT molecular complexity index is 462. The minimum atomic E-state index is -0.261. The summed E-state index contributed by atoms with van der Waals surface area (Å²) in [6.45, 7) is 3.27. The lowest BCUT2D eigenvalue weighted by Crippen LogP contribution is -2.39. The highest BCUT2D eigenvalue weighted by Crippen LogP contribution is 2.30. The number of nitrogens with zero attached hydrogens (tertiary/aromatic N) is 1. The predicted molar refractivity (Wildman–Crippen MR) is 85.5 cm³/mol. The molecule has 2 unspecified atom stereocenters. The summed E-state index contributed by atoms with van der Waals surface area (Å²) in [5, 5.41) is 14.7. The van der Waals surface area contributed by atoms with Gasteiger partial charge < -0.3 is 5.32 Å². The zero-order chi connectivity index (χ0) is 15.1. The fourth-order valence-corrected chi connectivity index (χ4v) is 3.39. The van der Waals surface area contributed by atoms with Gasteiger partial charge in [-0.15, -0.1) is 0 Å². The largest absolute Gasteiger partial charge is 0.314 e. The van der Waals surface area contributed by atoms with Crippen LogP contribution in [0.3, 0.4) is 0 Å². The maximum atomic E-state index is 11.1. The van der Waals surface area contributed by atoms with E-state index in [2.05, 4.69) is 12.2 Å². The van der Waals surface area contributed by atoms with Crippen LogP contribution in [0.1, 0.15) is 51.0 Å². The molecule has 21 heavy (non-hydrogen) atoms. The number of nitrogens with one attached hydrogen (secondary N) is 1. The highest BCUT2D eigenvalue weighted by molar-refractivity contribution is 5.39. The lowest BCUT2D eigenvalue weighted by atomic mass is 9.81. The van der Waals surface area contributed by atoms with E-state index in [4.69, 9.17) is 0 Å². The van der Waals surface area contributed by atoms with E-state index >= 15 is 0 Å². The van der Waals surface area contributed by atoms with Gasteiger partial charge >= 0.3 is 0 Å². The minimum absolute atomic E-state index is 0.261. The second-order valence-electron chi connectivity index (χ2n) is 6.03. The van der Waals surface area contributed by atoms with E-state index in [1.807, 2.05) is 12.1 Å². The van der Waals surface area contributed by atoms with Gasteiger partial charge in [0.25, 0.3) is 5.69 Å². The zero-order valence-corrected chi connectivity index (χ0v) is 12.9. The average Bonchev–Trinajstić information content (AvgIpc) is 2.52. The molecule has 0 amide bonds. The summed E-state index contributed by atoms with van der Waals surface area (Å²) in [5.74, 6) is 0.658. The van der Waals surface area contributed by atoms with Crippen LogP contribution in [0.15, 0.2) is 24.3 Å². The molecule has 0 saturated heterocycles. The average molecular weight is 290 g/mol. The number of hydrogen-bond donors (Lipinski definition) is 1. The van der Waals surface area contributed by atoms with Crippen molar-refractivity contribution in [2.45, 2.75) is 57.9 Å². The Morgan fingerprint density at radius 3 is 2.81 bits per heavy atom. The molecule has 0 aliphatic heterocycles. The molecular formula is C17H26N2O2. The Balaban J connectivity index is 1.95. The molecule has 1 aliphatic carbocycles. The van der Waals surface area contributed by atoms with E-state index in [0.29, 0.717) is 12.0 Å². The van der Waals surface area contributed by atoms with Crippen LogP contribution >= 0.6 is 0 Å². The van der Waals surface area contributed by atoms with Crippen molar-refractivity contribution in [1.29, 1.82) is 0 Å². The van der Waals surface area contributed by atoms with Crippen LogP contribution in [0.4, 0.5) is 5.69 Å². The summed E-state index contributed by atoms with van der Waals surface area (Å²) >= 11 is 0. The number of benzene rings is 1. The standard InChI is InChI=1S/C17H26N2O2/c1-2-13-18-16-9-5-3-7-14(16)11-12-15-8-4-6-10-17(15)19(20)21/h4,6,8,10,14,16,18H,2-3,5,7,9,11-13H2,1H3. The summed E-state index contributed by atoms with van der Waals surface area (Å²) in [5.41, 5.74) is 1.15. The lowest BCUT2D eigenvalue weighted by molar-refractivity contribution is -0.385. The molecule has 0 aromatic heterocycles. The molecule has 116 valence electrons. The van der Waals surface area contributed by atoms with E-state index in [9.17, 15) is 10.1 Å². The second kappa shape index (κ2) is 8.13. The first-order chi connectivity index (χ1) is 10.2. The number of nitro groups is 1. The second-order valence-corrected chi connectivity index (χ2v) is 6.03. The molecule has 0 heterocycles. The van der Waals surface area contributed by atoms with Gasteiger partial charge in [0.1, 0.15) is 0 Å². The van der Waals surface area contributed by atoms with Crippen molar-refractivity contribution in [2.75, 3.05) is 6.54 Å². The smallest absolute Gasteiger partial charge is 0.272 e.